The van der Waals surface area contributed by atoms with Crippen LogP contribution in [0.4, 0.5) is 5.00 Å². The molecule has 6 heteroatoms. The predicted molar refractivity (Wildman–Crippen MR) is 117 cm³/mol. The molecule has 0 amide bonds. The average Bonchev–Trinajstić information content (AvgIpc) is 2.89. The van der Waals surface area contributed by atoms with E-state index in [-0.39, 0.29) is 5.97 Å². The van der Waals surface area contributed by atoms with Crippen molar-refractivity contribution in [3.8, 4) is 0 Å². The Morgan fingerprint density at radius 1 is 1.04 bits per heavy atom. The summed E-state index contributed by atoms with van der Waals surface area (Å²) in [5.41, 5.74) is 1.54. The number of hydrogen-bond acceptors (Lipinski definition) is 4. The topological polar surface area (TPSA) is 50.4 Å². The number of anilines is 1. The van der Waals surface area contributed by atoms with Gasteiger partial charge < -0.3 is 15.4 Å². The lowest BCUT2D eigenvalue weighted by molar-refractivity contribution is 0.0601. The van der Waals surface area contributed by atoms with Crippen LogP contribution >= 0.6 is 23.6 Å². The number of ether oxygens (including phenoxy) is 1. The molecule has 0 fully saturated rings. The third kappa shape index (κ3) is 8.04. The Morgan fingerprint density at radius 2 is 1.62 bits per heavy atom. The molecule has 0 spiro atoms. The minimum absolute atomic E-state index is 0.323. The fourth-order valence-corrected chi connectivity index (χ4v) is 4.17. The first-order valence-electron chi connectivity index (χ1n) is 9.74. The van der Waals surface area contributed by atoms with Gasteiger partial charge in [0.2, 0.25) is 0 Å². The van der Waals surface area contributed by atoms with Gasteiger partial charge in [-0.3, -0.25) is 0 Å². The lowest BCUT2D eigenvalue weighted by atomic mass is 10.1. The summed E-state index contributed by atoms with van der Waals surface area (Å²) in [7, 11) is 1.40. The molecule has 0 bridgehead atoms. The van der Waals surface area contributed by atoms with Gasteiger partial charge in [-0.15, -0.1) is 11.3 Å². The van der Waals surface area contributed by atoms with Crippen LogP contribution in [-0.2, 0) is 4.74 Å². The summed E-state index contributed by atoms with van der Waals surface area (Å²) < 4.78 is 4.88. The van der Waals surface area contributed by atoms with E-state index in [1.807, 2.05) is 13.8 Å². The number of methoxy groups -OCH3 is 1. The molecular weight excluding hydrogens is 364 g/mol. The number of thiocarbonyl (C=S) groups is 1. The van der Waals surface area contributed by atoms with Gasteiger partial charge in [0.1, 0.15) is 5.00 Å². The molecule has 0 aliphatic carbocycles. The molecule has 0 aromatic carbocycles. The zero-order valence-electron chi connectivity index (χ0n) is 16.7. The number of hydrogen-bond donors (Lipinski definition) is 2. The van der Waals surface area contributed by atoms with Crippen molar-refractivity contribution in [2.24, 2.45) is 0 Å². The van der Waals surface area contributed by atoms with Crippen molar-refractivity contribution in [1.82, 2.24) is 5.32 Å². The van der Waals surface area contributed by atoms with E-state index in [9.17, 15) is 4.79 Å². The van der Waals surface area contributed by atoms with Crippen molar-refractivity contribution in [1.29, 1.82) is 0 Å². The highest BCUT2D eigenvalue weighted by Crippen LogP contribution is 2.32. The maximum absolute atomic E-state index is 12.0. The molecule has 1 rings (SSSR count). The normalized spacial score (nSPS) is 10.6. The number of aryl methyl sites for hydroxylation is 1. The second-order valence-corrected chi connectivity index (χ2v) is 8.32. The van der Waals surface area contributed by atoms with Crippen molar-refractivity contribution >= 4 is 39.6 Å². The van der Waals surface area contributed by atoms with Gasteiger partial charge in [-0.2, -0.15) is 0 Å². The van der Waals surface area contributed by atoms with E-state index in [1.165, 1.54) is 69.8 Å². The van der Waals surface area contributed by atoms with Crippen LogP contribution in [-0.4, -0.2) is 24.7 Å². The molecule has 26 heavy (non-hydrogen) atoms. The van der Waals surface area contributed by atoms with Crippen molar-refractivity contribution < 1.29 is 9.53 Å². The van der Waals surface area contributed by atoms with E-state index in [2.05, 4.69) is 17.6 Å². The molecule has 1 aromatic rings. The number of unbranched alkanes of at least 4 members (excludes halogenated alkanes) is 8. The second kappa shape index (κ2) is 13.1. The van der Waals surface area contributed by atoms with Gasteiger partial charge in [-0.05, 0) is 38.0 Å². The number of thiophene rings is 1. The van der Waals surface area contributed by atoms with Crippen LogP contribution < -0.4 is 10.6 Å². The molecule has 0 saturated heterocycles. The smallest absolute Gasteiger partial charge is 0.341 e. The zero-order chi connectivity index (χ0) is 19.4. The van der Waals surface area contributed by atoms with Crippen LogP contribution in [0.3, 0.4) is 0 Å². The van der Waals surface area contributed by atoms with Crippen molar-refractivity contribution in [3.63, 3.8) is 0 Å². The summed E-state index contributed by atoms with van der Waals surface area (Å²) in [5, 5.41) is 7.72. The molecule has 4 nitrogen and oxygen atoms in total. The van der Waals surface area contributed by atoms with Crippen LogP contribution in [0.1, 0.15) is 85.5 Å². The average molecular weight is 399 g/mol. The molecule has 1 heterocycles. The van der Waals surface area contributed by atoms with E-state index in [4.69, 9.17) is 17.0 Å². The first kappa shape index (κ1) is 22.9. The van der Waals surface area contributed by atoms with Crippen LogP contribution in [0.2, 0.25) is 0 Å². The zero-order valence-corrected chi connectivity index (χ0v) is 18.3. The van der Waals surface area contributed by atoms with Crippen LogP contribution in [0.15, 0.2) is 0 Å². The quantitative estimate of drug-likeness (QED) is 0.258. The molecule has 0 saturated carbocycles. The summed E-state index contributed by atoms with van der Waals surface area (Å²) in [4.78, 5) is 13.1. The van der Waals surface area contributed by atoms with Gasteiger partial charge in [0.15, 0.2) is 5.11 Å². The van der Waals surface area contributed by atoms with Gasteiger partial charge in [-0.1, -0.05) is 58.3 Å². The second-order valence-electron chi connectivity index (χ2n) is 6.69. The van der Waals surface area contributed by atoms with Gasteiger partial charge in [0.25, 0.3) is 0 Å². The Kier molecular flexibility index (Phi) is 11.5. The highest BCUT2D eigenvalue weighted by molar-refractivity contribution is 7.80. The monoisotopic (exact) mass is 398 g/mol. The maximum atomic E-state index is 12.0. The van der Waals surface area contributed by atoms with Gasteiger partial charge in [-0.25, -0.2) is 4.79 Å². The summed E-state index contributed by atoms with van der Waals surface area (Å²) in [6.07, 6.45) is 11.8. The van der Waals surface area contributed by atoms with Crippen LogP contribution in [0.25, 0.3) is 0 Å². The number of esters is 1. The number of carbonyl (C=O) groups is 1. The molecule has 0 aliphatic heterocycles. The minimum atomic E-state index is -0.323. The van der Waals surface area contributed by atoms with Gasteiger partial charge >= 0.3 is 5.97 Å². The highest BCUT2D eigenvalue weighted by Gasteiger charge is 2.20. The number of nitrogens with one attached hydrogen (secondary N) is 2. The lowest BCUT2D eigenvalue weighted by Gasteiger charge is -2.10. The summed E-state index contributed by atoms with van der Waals surface area (Å²) in [6.45, 7) is 7.04. The molecule has 2 N–H and O–H groups in total. The van der Waals surface area contributed by atoms with Crippen molar-refractivity contribution in [2.45, 2.75) is 78.6 Å². The van der Waals surface area contributed by atoms with Crippen LogP contribution in [0, 0.1) is 13.8 Å². The third-order valence-electron chi connectivity index (χ3n) is 4.57. The molecule has 0 radical (unpaired) electrons. The minimum Gasteiger partial charge on any atom is -0.465 e. The van der Waals surface area contributed by atoms with Crippen LogP contribution in [0.5, 0.6) is 0 Å². The first-order valence-corrected chi connectivity index (χ1v) is 11.0. The van der Waals surface area contributed by atoms with Gasteiger partial charge in [0.05, 0.1) is 12.7 Å². The largest absolute Gasteiger partial charge is 0.465 e. The Labute approximate surface area is 168 Å². The lowest BCUT2D eigenvalue weighted by Crippen LogP contribution is -2.29. The molecule has 148 valence electrons. The fraction of sp³-hybridized carbons (Fsp3) is 0.700. The number of rotatable bonds is 12. The maximum Gasteiger partial charge on any atom is 0.341 e. The standard InChI is InChI=1S/C20H34N2O2S2/c1-5-6-7-8-9-10-11-12-13-14-21-20(25)22-18-17(19(23)24-4)15(2)16(3)26-18/h5-14H2,1-4H3,(H2,21,22,25). The SMILES string of the molecule is CCCCCCCCCCCNC(=S)Nc1sc(C)c(C)c1C(=O)OC. The summed E-state index contributed by atoms with van der Waals surface area (Å²) in [6, 6.07) is 0. The van der Waals surface area contributed by atoms with Crippen molar-refractivity contribution in [3.05, 3.63) is 16.0 Å². The molecule has 1 aromatic heterocycles. The Morgan fingerprint density at radius 3 is 2.19 bits per heavy atom. The Balaban J connectivity index is 2.23. The Bertz CT molecular complexity index is 570. The summed E-state index contributed by atoms with van der Waals surface area (Å²) in [5.74, 6) is -0.323. The Hall–Kier alpha value is -1.14. The van der Waals surface area contributed by atoms with Crippen molar-refractivity contribution in [2.75, 3.05) is 19.0 Å². The van der Waals surface area contributed by atoms with E-state index in [0.29, 0.717) is 10.7 Å². The molecule has 0 aliphatic rings. The summed E-state index contributed by atoms with van der Waals surface area (Å²) >= 11 is 6.90. The van der Waals surface area contributed by atoms with E-state index in [0.717, 1.165) is 28.4 Å². The highest BCUT2D eigenvalue weighted by atomic mass is 32.1. The fourth-order valence-electron chi connectivity index (χ4n) is 2.85. The first-order chi connectivity index (χ1) is 12.5. The van der Waals surface area contributed by atoms with E-state index < -0.39 is 0 Å². The predicted octanol–water partition coefficient (Wildman–Crippen LogP) is 5.97. The number of carbonyl (C=O) groups excluding carboxylic acids is 1. The molecule has 0 unspecified atom stereocenters. The third-order valence-corrected chi connectivity index (χ3v) is 5.94. The molecular formula is C20H34N2O2S2. The molecule has 0 atom stereocenters. The van der Waals surface area contributed by atoms with E-state index in [1.54, 1.807) is 0 Å². The van der Waals surface area contributed by atoms with E-state index >= 15 is 0 Å². The van der Waals surface area contributed by atoms with Gasteiger partial charge in [0, 0.05) is 11.4 Å².